The fraction of sp³-hybridized carbons (Fsp3) is 0.727. The number of thioether (sulfide) groups is 1. The summed E-state index contributed by atoms with van der Waals surface area (Å²) in [5.74, 6) is -1.18. The Labute approximate surface area is 115 Å². The number of methoxy groups -OCH3 is 1. The third kappa shape index (κ3) is 5.48. The average molecular weight is 290 g/mol. The minimum absolute atomic E-state index is 0.0444. The summed E-state index contributed by atoms with van der Waals surface area (Å²) in [6.07, 6.45) is 0.319. The molecule has 1 fully saturated rings. The largest absolute Gasteiger partial charge is 0.481 e. The summed E-state index contributed by atoms with van der Waals surface area (Å²) in [5, 5.41) is 11.1. The van der Waals surface area contributed by atoms with Crippen LogP contribution in [0.25, 0.3) is 0 Å². The first-order valence-corrected chi connectivity index (χ1v) is 7.08. The van der Waals surface area contributed by atoms with Gasteiger partial charge in [0.25, 0.3) is 5.91 Å². The second-order valence-corrected chi connectivity index (χ2v) is 5.06. The van der Waals surface area contributed by atoms with Crippen LogP contribution in [0, 0.1) is 0 Å². The predicted molar refractivity (Wildman–Crippen MR) is 70.0 cm³/mol. The fourth-order valence-corrected chi connectivity index (χ4v) is 2.33. The minimum atomic E-state index is -0.939. The van der Waals surface area contributed by atoms with Crippen molar-refractivity contribution in [2.45, 2.75) is 12.5 Å². The van der Waals surface area contributed by atoms with Crippen molar-refractivity contribution in [1.29, 1.82) is 0 Å². The summed E-state index contributed by atoms with van der Waals surface area (Å²) in [5.41, 5.74) is 0. The number of ether oxygens (including phenoxy) is 1. The lowest BCUT2D eigenvalue weighted by Gasteiger charge is -2.16. The van der Waals surface area contributed by atoms with Gasteiger partial charge in [-0.2, -0.15) is 0 Å². The second-order valence-electron chi connectivity index (χ2n) is 4.07. The summed E-state index contributed by atoms with van der Waals surface area (Å²) in [6.45, 7) is 1.46. The van der Waals surface area contributed by atoms with Crippen molar-refractivity contribution in [1.82, 2.24) is 10.2 Å². The number of carbonyl (C=O) groups excluding carboxylic acids is 2. The third-order valence-corrected chi connectivity index (χ3v) is 3.61. The van der Waals surface area contributed by atoms with Crippen LogP contribution in [-0.2, 0) is 19.1 Å². The highest BCUT2D eigenvalue weighted by Crippen LogP contribution is 2.12. The van der Waals surface area contributed by atoms with Crippen molar-refractivity contribution < 1.29 is 24.2 Å². The van der Waals surface area contributed by atoms with E-state index in [0.717, 1.165) is 11.8 Å². The number of amides is 2. The molecule has 0 aromatic carbocycles. The Morgan fingerprint density at radius 1 is 1.53 bits per heavy atom. The maximum atomic E-state index is 11.7. The van der Waals surface area contributed by atoms with Crippen LogP contribution in [0.5, 0.6) is 0 Å². The predicted octanol–water partition coefficient (Wildman–Crippen LogP) is -0.832. The third-order valence-electron chi connectivity index (χ3n) is 2.70. The van der Waals surface area contributed by atoms with Crippen LogP contribution in [0.4, 0.5) is 0 Å². The van der Waals surface area contributed by atoms with Crippen molar-refractivity contribution in [3.05, 3.63) is 0 Å². The average Bonchev–Trinajstić information content (AvgIpc) is 2.70. The van der Waals surface area contributed by atoms with Gasteiger partial charge in [-0.05, 0) is 0 Å². The highest BCUT2D eigenvalue weighted by molar-refractivity contribution is 8.00. The van der Waals surface area contributed by atoms with E-state index in [4.69, 9.17) is 9.84 Å². The maximum absolute atomic E-state index is 11.7. The molecule has 1 aliphatic heterocycles. The van der Waals surface area contributed by atoms with Crippen molar-refractivity contribution >= 4 is 29.5 Å². The van der Waals surface area contributed by atoms with Gasteiger partial charge in [0.05, 0.1) is 11.5 Å². The number of nitrogens with zero attached hydrogens (tertiary/aromatic N) is 1. The number of hydrogen-bond donors (Lipinski definition) is 2. The molecule has 0 saturated carbocycles. The van der Waals surface area contributed by atoms with Crippen molar-refractivity contribution in [2.75, 3.05) is 38.2 Å². The molecule has 2 N–H and O–H groups in total. The van der Waals surface area contributed by atoms with Gasteiger partial charge in [0.1, 0.15) is 6.10 Å². The lowest BCUT2D eigenvalue weighted by molar-refractivity contribution is -0.136. The molecule has 0 aromatic rings. The number of likely N-dealkylation sites (tertiary alicyclic amines) is 1. The second kappa shape index (κ2) is 8.00. The van der Waals surface area contributed by atoms with Gasteiger partial charge in [-0.3, -0.25) is 14.4 Å². The van der Waals surface area contributed by atoms with Gasteiger partial charge in [-0.15, -0.1) is 11.8 Å². The molecule has 1 aliphatic rings. The Morgan fingerprint density at radius 2 is 2.26 bits per heavy atom. The molecular weight excluding hydrogens is 272 g/mol. The molecule has 19 heavy (non-hydrogen) atoms. The molecule has 0 radical (unpaired) electrons. The Hall–Kier alpha value is -1.28. The zero-order valence-corrected chi connectivity index (χ0v) is 11.6. The molecule has 2 amide bonds. The van der Waals surface area contributed by atoms with Crippen LogP contribution < -0.4 is 5.32 Å². The molecule has 1 saturated heterocycles. The summed E-state index contributed by atoms with van der Waals surface area (Å²) in [4.78, 5) is 34.9. The molecule has 0 aliphatic carbocycles. The van der Waals surface area contributed by atoms with E-state index in [2.05, 4.69) is 5.32 Å². The van der Waals surface area contributed by atoms with Gasteiger partial charge in [-0.1, -0.05) is 0 Å². The van der Waals surface area contributed by atoms with Crippen LogP contribution >= 0.6 is 11.8 Å². The van der Waals surface area contributed by atoms with Crippen molar-refractivity contribution in [3.8, 4) is 0 Å². The quantitative estimate of drug-likeness (QED) is 0.605. The van der Waals surface area contributed by atoms with Crippen molar-refractivity contribution in [2.24, 2.45) is 0 Å². The van der Waals surface area contributed by atoms with E-state index in [9.17, 15) is 14.4 Å². The van der Waals surface area contributed by atoms with Gasteiger partial charge in [-0.25, -0.2) is 0 Å². The zero-order chi connectivity index (χ0) is 14.3. The van der Waals surface area contributed by atoms with Gasteiger partial charge in [0.2, 0.25) is 5.91 Å². The highest BCUT2D eigenvalue weighted by Gasteiger charge is 2.30. The Kier molecular flexibility index (Phi) is 6.65. The number of carbonyl (C=O) groups is 3. The van der Waals surface area contributed by atoms with Crippen LogP contribution in [0.2, 0.25) is 0 Å². The van der Waals surface area contributed by atoms with E-state index in [1.165, 1.54) is 7.11 Å². The number of hydrogen-bond acceptors (Lipinski definition) is 5. The van der Waals surface area contributed by atoms with Crippen LogP contribution in [0.1, 0.15) is 6.42 Å². The molecule has 1 heterocycles. The molecule has 0 spiro atoms. The Balaban J connectivity index is 2.12. The smallest absolute Gasteiger partial charge is 0.313 e. The molecule has 0 aromatic heterocycles. The molecule has 0 bridgehead atoms. The molecule has 1 rings (SSSR count). The molecule has 0 unspecified atom stereocenters. The molecule has 8 heteroatoms. The first-order chi connectivity index (χ1) is 9.04. The van der Waals surface area contributed by atoms with E-state index in [1.807, 2.05) is 0 Å². The molecule has 108 valence electrons. The number of carboxylic acid groups (broad SMARTS) is 1. The topological polar surface area (TPSA) is 95.9 Å². The van der Waals surface area contributed by atoms with E-state index in [0.29, 0.717) is 26.1 Å². The molecule has 7 nitrogen and oxygen atoms in total. The zero-order valence-electron chi connectivity index (χ0n) is 10.8. The summed E-state index contributed by atoms with van der Waals surface area (Å²) in [6, 6.07) is 0. The normalized spacial score (nSPS) is 18.7. The summed E-state index contributed by atoms with van der Waals surface area (Å²) < 4.78 is 5.02. The van der Waals surface area contributed by atoms with E-state index in [-0.39, 0.29) is 29.4 Å². The van der Waals surface area contributed by atoms with Gasteiger partial charge in [0.15, 0.2) is 0 Å². The summed E-state index contributed by atoms with van der Waals surface area (Å²) in [7, 11) is 1.51. The first-order valence-electron chi connectivity index (χ1n) is 5.92. The van der Waals surface area contributed by atoms with E-state index < -0.39 is 5.97 Å². The maximum Gasteiger partial charge on any atom is 0.313 e. The Bertz CT molecular complexity index is 350. The number of carboxylic acids is 1. The lowest BCUT2D eigenvalue weighted by Crippen LogP contribution is -2.38. The minimum Gasteiger partial charge on any atom is -0.481 e. The highest BCUT2D eigenvalue weighted by atomic mass is 32.2. The molecule has 1 atom stereocenters. The standard InChI is InChI=1S/C11H18N2O5S/c1-18-8-2-4-13(11(8)17)5-3-12-9(14)6-19-7-10(15)16/h8H,2-7H2,1H3,(H,12,14)(H,15,16)/t8-/m1/s1. The van der Waals surface area contributed by atoms with Crippen LogP contribution in [0.3, 0.4) is 0 Å². The SMILES string of the molecule is CO[C@@H]1CCN(CCNC(=O)CSCC(=O)O)C1=O. The number of nitrogens with one attached hydrogen (secondary N) is 1. The first kappa shape index (κ1) is 15.8. The van der Waals surface area contributed by atoms with Crippen LogP contribution in [-0.4, -0.2) is 72.1 Å². The van der Waals surface area contributed by atoms with Crippen molar-refractivity contribution in [3.63, 3.8) is 0 Å². The van der Waals surface area contributed by atoms with Crippen LogP contribution in [0.15, 0.2) is 0 Å². The van der Waals surface area contributed by atoms with Gasteiger partial charge >= 0.3 is 5.97 Å². The monoisotopic (exact) mass is 290 g/mol. The number of aliphatic carboxylic acids is 1. The van der Waals surface area contributed by atoms with E-state index >= 15 is 0 Å². The number of rotatable bonds is 8. The summed E-state index contributed by atoms with van der Waals surface area (Å²) >= 11 is 1.04. The Morgan fingerprint density at radius 3 is 2.84 bits per heavy atom. The molecular formula is C11H18N2O5S. The van der Waals surface area contributed by atoms with Gasteiger partial charge in [0, 0.05) is 33.2 Å². The van der Waals surface area contributed by atoms with Gasteiger partial charge < -0.3 is 20.1 Å². The lowest BCUT2D eigenvalue weighted by atomic mass is 10.3. The fourth-order valence-electron chi connectivity index (χ4n) is 1.76. The van der Waals surface area contributed by atoms with E-state index in [1.54, 1.807) is 4.90 Å².